The quantitative estimate of drug-likeness (QED) is 0.412. The van der Waals surface area contributed by atoms with E-state index in [1.165, 1.54) is 24.3 Å². The number of Topliss-reactive ketones (excluding diaryl/α,β-unsaturated/α-hetero) is 2. The van der Waals surface area contributed by atoms with Crippen LogP contribution >= 0.6 is 0 Å². The van der Waals surface area contributed by atoms with Gasteiger partial charge in [0, 0.05) is 12.0 Å². The minimum Gasteiger partial charge on any atom is -0.299 e. The van der Waals surface area contributed by atoms with Crippen LogP contribution in [0.2, 0.25) is 0 Å². The van der Waals surface area contributed by atoms with Gasteiger partial charge in [0.1, 0.15) is 11.6 Å². The molecular formula is C14H17FO2. The summed E-state index contributed by atoms with van der Waals surface area (Å²) in [6.45, 7) is 2.06. The largest absolute Gasteiger partial charge is 0.299 e. The molecule has 0 fully saturated rings. The van der Waals surface area contributed by atoms with Crippen molar-refractivity contribution in [2.45, 2.75) is 39.0 Å². The first-order valence-corrected chi connectivity index (χ1v) is 5.94. The van der Waals surface area contributed by atoms with Crippen molar-refractivity contribution in [3.8, 4) is 0 Å². The van der Waals surface area contributed by atoms with Crippen LogP contribution < -0.4 is 0 Å². The van der Waals surface area contributed by atoms with E-state index in [-0.39, 0.29) is 23.8 Å². The lowest BCUT2D eigenvalue weighted by Crippen LogP contribution is -2.08. The predicted molar refractivity (Wildman–Crippen MR) is 64.5 cm³/mol. The van der Waals surface area contributed by atoms with E-state index in [1.54, 1.807) is 0 Å². The Hall–Kier alpha value is -1.51. The van der Waals surface area contributed by atoms with E-state index in [4.69, 9.17) is 0 Å². The molecule has 92 valence electrons. The summed E-state index contributed by atoms with van der Waals surface area (Å²) in [5.41, 5.74) is 0.398. The summed E-state index contributed by atoms with van der Waals surface area (Å²) < 4.78 is 12.6. The van der Waals surface area contributed by atoms with Crippen molar-refractivity contribution in [3.05, 3.63) is 35.6 Å². The Labute approximate surface area is 101 Å². The summed E-state index contributed by atoms with van der Waals surface area (Å²) in [7, 11) is 0. The number of hydrogen-bond donors (Lipinski definition) is 0. The first-order chi connectivity index (χ1) is 8.13. The Bertz CT molecular complexity index is 382. The van der Waals surface area contributed by atoms with Crippen molar-refractivity contribution in [2.75, 3.05) is 0 Å². The van der Waals surface area contributed by atoms with Gasteiger partial charge in [-0.05, 0) is 30.7 Å². The molecule has 0 saturated carbocycles. The maximum atomic E-state index is 12.6. The van der Waals surface area contributed by atoms with E-state index in [0.29, 0.717) is 12.0 Å². The highest BCUT2D eigenvalue weighted by atomic mass is 19.1. The molecule has 17 heavy (non-hydrogen) atoms. The standard InChI is InChI=1S/C14H17FO2/c1-2-3-4-5-13(16)10-14(17)11-6-8-12(15)9-7-11/h6-9H,2-5,10H2,1H3. The molecule has 3 heteroatoms. The van der Waals surface area contributed by atoms with Gasteiger partial charge < -0.3 is 0 Å². The third kappa shape index (κ3) is 4.89. The van der Waals surface area contributed by atoms with E-state index < -0.39 is 0 Å². The summed E-state index contributed by atoms with van der Waals surface area (Å²) in [5.74, 6) is -0.643. The SMILES string of the molecule is CCCCCC(=O)CC(=O)c1ccc(F)cc1. The summed E-state index contributed by atoms with van der Waals surface area (Å²) in [5, 5.41) is 0. The average molecular weight is 236 g/mol. The Kier molecular flexibility index (Phi) is 5.53. The van der Waals surface area contributed by atoms with Crippen molar-refractivity contribution in [3.63, 3.8) is 0 Å². The van der Waals surface area contributed by atoms with Crippen LogP contribution in [-0.2, 0) is 4.79 Å². The van der Waals surface area contributed by atoms with Crippen LogP contribution in [0.15, 0.2) is 24.3 Å². The number of carbonyl (C=O) groups is 2. The van der Waals surface area contributed by atoms with Crippen LogP contribution in [-0.4, -0.2) is 11.6 Å². The first-order valence-electron chi connectivity index (χ1n) is 5.94. The lowest BCUT2D eigenvalue weighted by atomic mass is 10.0. The number of hydrogen-bond acceptors (Lipinski definition) is 2. The van der Waals surface area contributed by atoms with Crippen LogP contribution in [0, 0.1) is 5.82 Å². The van der Waals surface area contributed by atoms with Crippen LogP contribution in [0.4, 0.5) is 4.39 Å². The molecule has 0 amide bonds. The zero-order valence-electron chi connectivity index (χ0n) is 10.0. The van der Waals surface area contributed by atoms with Crippen molar-refractivity contribution in [1.82, 2.24) is 0 Å². The second-order valence-corrected chi connectivity index (χ2v) is 4.10. The minimum atomic E-state index is -0.379. The number of benzene rings is 1. The molecule has 0 bridgehead atoms. The highest BCUT2D eigenvalue weighted by Crippen LogP contribution is 2.08. The smallest absolute Gasteiger partial charge is 0.170 e. The van der Waals surface area contributed by atoms with Crippen molar-refractivity contribution in [1.29, 1.82) is 0 Å². The lowest BCUT2D eigenvalue weighted by molar-refractivity contribution is -0.118. The molecule has 0 aromatic heterocycles. The van der Waals surface area contributed by atoms with Crippen LogP contribution in [0.25, 0.3) is 0 Å². The third-order valence-corrected chi connectivity index (χ3v) is 2.58. The molecule has 1 rings (SSSR count). The topological polar surface area (TPSA) is 34.1 Å². The maximum absolute atomic E-state index is 12.6. The van der Waals surface area contributed by atoms with Crippen LogP contribution in [0.5, 0.6) is 0 Å². The van der Waals surface area contributed by atoms with Gasteiger partial charge in [-0.25, -0.2) is 4.39 Å². The van der Waals surface area contributed by atoms with E-state index in [1.807, 2.05) is 0 Å². The molecule has 0 N–H and O–H groups in total. The zero-order chi connectivity index (χ0) is 12.7. The van der Waals surface area contributed by atoms with Gasteiger partial charge in [-0.3, -0.25) is 9.59 Å². The Balaban J connectivity index is 2.43. The zero-order valence-corrected chi connectivity index (χ0v) is 10.0. The van der Waals surface area contributed by atoms with Crippen molar-refractivity contribution >= 4 is 11.6 Å². The Morgan fingerprint density at radius 1 is 1.12 bits per heavy atom. The van der Waals surface area contributed by atoms with Gasteiger partial charge in [0.2, 0.25) is 0 Å². The van der Waals surface area contributed by atoms with Gasteiger partial charge in [-0.1, -0.05) is 19.8 Å². The summed E-state index contributed by atoms with van der Waals surface area (Å²) in [6, 6.07) is 5.29. The number of unbranched alkanes of at least 4 members (excludes halogenated alkanes) is 2. The molecule has 1 aromatic carbocycles. The van der Waals surface area contributed by atoms with Gasteiger partial charge in [0.25, 0.3) is 0 Å². The lowest BCUT2D eigenvalue weighted by Gasteiger charge is -2.01. The van der Waals surface area contributed by atoms with Crippen molar-refractivity contribution in [2.24, 2.45) is 0 Å². The molecule has 0 radical (unpaired) electrons. The molecule has 0 unspecified atom stereocenters. The summed E-state index contributed by atoms with van der Waals surface area (Å²) in [4.78, 5) is 23.1. The molecule has 0 atom stereocenters. The normalized spacial score (nSPS) is 10.2. The molecule has 1 aromatic rings. The van der Waals surface area contributed by atoms with Crippen molar-refractivity contribution < 1.29 is 14.0 Å². The molecular weight excluding hydrogens is 219 g/mol. The molecule has 0 heterocycles. The molecule has 2 nitrogen and oxygen atoms in total. The van der Waals surface area contributed by atoms with Gasteiger partial charge in [-0.2, -0.15) is 0 Å². The predicted octanol–water partition coefficient (Wildman–Crippen LogP) is 3.55. The molecule has 0 aliphatic rings. The van der Waals surface area contributed by atoms with E-state index in [0.717, 1.165) is 19.3 Å². The molecule has 0 spiro atoms. The van der Waals surface area contributed by atoms with Gasteiger partial charge >= 0.3 is 0 Å². The summed E-state index contributed by atoms with van der Waals surface area (Å²) >= 11 is 0. The van der Waals surface area contributed by atoms with Gasteiger partial charge in [0.05, 0.1) is 6.42 Å². The number of rotatable bonds is 7. The van der Waals surface area contributed by atoms with Crippen LogP contribution in [0.1, 0.15) is 49.4 Å². The number of carbonyl (C=O) groups excluding carboxylic acids is 2. The molecule has 0 aliphatic carbocycles. The fourth-order valence-electron chi connectivity index (χ4n) is 1.58. The fourth-order valence-corrected chi connectivity index (χ4v) is 1.58. The molecule has 0 aliphatic heterocycles. The molecule has 0 saturated heterocycles. The number of halogens is 1. The van der Waals surface area contributed by atoms with E-state index in [2.05, 4.69) is 6.92 Å². The second-order valence-electron chi connectivity index (χ2n) is 4.10. The Morgan fingerprint density at radius 3 is 2.35 bits per heavy atom. The fraction of sp³-hybridized carbons (Fsp3) is 0.429. The monoisotopic (exact) mass is 236 g/mol. The Morgan fingerprint density at radius 2 is 1.76 bits per heavy atom. The minimum absolute atomic E-state index is 0.0345. The van der Waals surface area contributed by atoms with Gasteiger partial charge in [-0.15, -0.1) is 0 Å². The first kappa shape index (κ1) is 13.6. The average Bonchev–Trinajstić information content (AvgIpc) is 2.30. The highest BCUT2D eigenvalue weighted by Gasteiger charge is 2.11. The van der Waals surface area contributed by atoms with Crippen LogP contribution in [0.3, 0.4) is 0 Å². The summed E-state index contributed by atoms with van der Waals surface area (Å²) in [6.07, 6.45) is 3.29. The van der Waals surface area contributed by atoms with E-state index >= 15 is 0 Å². The van der Waals surface area contributed by atoms with Gasteiger partial charge in [0.15, 0.2) is 5.78 Å². The maximum Gasteiger partial charge on any atom is 0.170 e. The highest BCUT2D eigenvalue weighted by molar-refractivity contribution is 6.07. The second kappa shape index (κ2) is 6.94. The number of ketones is 2. The third-order valence-electron chi connectivity index (χ3n) is 2.58. The van der Waals surface area contributed by atoms with E-state index in [9.17, 15) is 14.0 Å².